The van der Waals surface area contributed by atoms with Gasteiger partial charge >= 0.3 is 0 Å². The van der Waals surface area contributed by atoms with Crippen molar-refractivity contribution in [2.45, 2.75) is 13.5 Å². The van der Waals surface area contributed by atoms with E-state index in [9.17, 15) is 4.79 Å². The van der Waals surface area contributed by atoms with Crippen molar-refractivity contribution in [2.24, 2.45) is 0 Å². The Kier molecular flexibility index (Phi) is 4.73. The van der Waals surface area contributed by atoms with Crippen LogP contribution in [0.1, 0.15) is 21.7 Å². The Bertz CT molecular complexity index is 913. The first-order valence-electron chi connectivity index (χ1n) is 8.08. The van der Waals surface area contributed by atoms with Gasteiger partial charge in [-0.25, -0.2) is 0 Å². The van der Waals surface area contributed by atoms with Gasteiger partial charge in [0.15, 0.2) is 11.3 Å². The minimum Gasteiger partial charge on any atom is -0.449 e. The van der Waals surface area contributed by atoms with E-state index < -0.39 is 0 Å². The van der Waals surface area contributed by atoms with Gasteiger partial charge < -0.3 is 14.2 Å². The molecule has 0 fully saturated rings. The van der Waals surface area contributed by atoms with E-state index in [4.69, 9.17) is 16.0 Å². The predicted molar refractivity (Wildman–Crippen MR) is 103 cm³/mol. The van der Waals surface area contributed by atoms with Crippen molar-refractivity contribution in [3.05, 3.63) is 64.4 Å². The fraction of sp³-hybridized carbons (Fsp3) is 0.250. The van der Waals surface area contributed by atoms with E-state index in [1.54, 1.807) is 18.0 Å². The summed E-state index contributed by atoms with van der Waals surface area (Å²) >= 11 is 6.17. The SMILES string of the molecule is Cc1c(C(=O)N(C)Cc2ccc(N(C)C)cc2)oc2c(Cl)cccc12. The van der Waals surface area contributed by atoms with Crippen LogP contribution in [0.15, 0.2) is 46.9 Å². The highest BCUT2D eigenvalue weighted by Gasteiger charge is 2.22. The van der Waals surface area contributed by atoms with Crippen LogP contribution in [0, 0.1) is 6.92 Å². The topological polar surface area (TPSA) is 36.7 Å². The van der Waals surface area contributed by atoms with Gasteiger partial charge in [0.1, 0.15) is 0 Å². The largest absolute Gasteiger partial charge is 0.449 e. The lowest BCUT2D eigenvalue weighted by atomic mass is 10.1. The summed E-state index contributed by atoms with van der Waals surface area (Å²) in [4.78, 5) is 16.5. The number of carbonyl (C=O) groups is 1. The smallest absolute Gasteiger partial charge is 0.289 e. The lowest BCUT2D eigenvalue weighted by Crippen LogP contribution is -2.26. The molecule has 130 valence electrons. The zero-order valence-electron chi connectivity index (χ0n) is 14.8. The Morgan fingerprint density at radius 3 is 2.36 bits per heavy atom. The summed E-state index contributed by atoms with van der Waals surface area (Å²) in [6.45, 7) is 2.39. The highest BCUT2D eigenvalue weighted by molar-refractivity contribution is 6.35. The molecule has 0 aliphatic heterocycles. The number of furan rings is 1. The van der Waals surface area contributed by atoms with Gasteiger partial charge in [0, 0.05) is 44.3 Å². The molecule has 0 aliphatic carbocycles. The van der Waals surface area contributed by atoms with Crippen molar-refractivity contribution in [3.63, 3.8) is 0 Å². The molecular weight excluding hydrogens is 336 g/mol. The number of amides is 1. The van der Waals surface area contributed by atoms with Crippen LogP contribution in [-0.2, 0) is 6.54 Å². The third-order valence-electron chi connectivity index (χ3n) is 4.33. The molecule has 0 aliphatic rings. The highest BCUT2D eigenvalue weighted by Crippen LogP contribution is 2.31. The Labute approximate surface area is 152 Å². The Balaban J connectivity index is 1.83. The molecule has 0 unspecified atom stereocenters. The number of hydrogen-bond donors (Lipinski definition) is 0. The number of para-hydroxylation sites is 1. The van der Waals surface area contributed by atoms with E-state index in [2.05, 4.69) is 0 Å². The van der Waals surface area contributed by atoms with Crippen molar-refractivity contribution in [2.75, 3.05) is 26.0 Å². The summed E-state index contributed by atoms with van der Waals surface area (Å²) < 4.78 is 5.77. The van der Waals surface area contributed by atoms with Gasteiger partial charge in [-0.3, -0.25) is 4.79 Å². The minimum atomic E-state index is -0.151. The van der Waals surface area contributed by atoms with Crippen LogP contribution >= 0.6 is 11.6 Å². The standard InChI is InChI=1S/C20H21ClN2O2/c1-13-16-6-5-7-17(21)19(16)25-18(13)20(24)23(4)12-14-8-10-15(11-9-14)22(2)3/h5-11H,12H2,1-4H3. The van der Waals surface area contributed by atoms with Crippen LogP contribution in [0.5, 0.6) is 0 Å². The van der Waals surface area contributed by atoms with Crippen LogP contribution in [0.3, 0.4) is 0 Å². The van der Waals surface area contributed by atoms with Gasteiger partial charge in [-0.2, -0.15) is 0 Å². The van der Waals surface area contributed by atoms with E-state index in [1.165, 1.54) is 0 Å². The zero-order valence-corrected chi connectivity index (χ0v) is 15.6. The van der Waals surface area contributed by atoms with E-state index in [0.717, 1.165) is 22.2 Å². The molecule has 3 rings (SSSR count). The highest BCUT2D eigenvalue weighted by atomic mass is 35.5. The van der Waals surface area contributed by atoms with Gasteiger partial charge in [0.05, 0.1) is 5.02 Å². The number of carbonyl (C=O) groups excluding carboxylic acids is 1. The second-order valence-electron chi connectivity index (χ2n) is 6.39. The molecule has 3 aromatic rings. The number of nitrogens with zero attached hydrogens (tertiary/aromatic N) is 2. The maximum absolute atomic E-state index is 12.8. The average molecular weight is 357 g/mol. The summed E-state index contributed by atoms with van der Waals surface area (Å²) in [5.74, 6) is 0.192. The Morgan fingerprint density at radius 1 is 1.08 bits per heavy atom. The average Bonchev–Trinajstić information content (AvgIpc) is 2.93. The summed E-state index contributed by atoms with van der Waals surface area (Å²) in [6, 6.07) is 13.7. The Hall–Kier alpha value is -2.46. The van der Waals surface area contributed by atoms with E-state index in [0.29, 0.717) is 22.9 Å². The number of aryl methyl sites for hydroxylation is 1. The van der Waals surface area contributed by atoms with E-state index in [1.807, 2.05) is 62.3 Å². The first-order valence-corrected chi connectivity index (χ1v) is 8.45. The second-order valence-corrected chi connectivity index (χ2v) is 6.80. The molecule has 0 saturated heterocycles. The number of halogens is 1. The number of hydrogen-bond acceptors (Lipinski definition) is 3. The molecule has 0 saturated carbocycles. The molecule has 1 aromatic heterocycles. The molecular formula is C20H21ClN2O2. The molecule has 0 N–H and O–H groups in total. The fourth-order valence-corrected chi connectivity index (χ4v) is 3.04. The first-order chi connectivity index (χ1) is 11.9. The maximum Gasteiger partial charge on any atom is 0.289 e. The molecule has 5 heteroatoms. The Morgan fingerprint density at radius 2 is 1.76 bits per heavy atom. The van der Waals surface area contributed by atoms with Gasteiger partial charge in [0.2, 0.25) is 0 Å². The molecule has 25 heavy (non-hydrogen) atoms. The van der Waals surface area contributed by atoms with Crippen LogP contribution in [0.4, 0.5) is 5.69 Å². The summed E-state index contributed by atoms with van der Waals surface area (Å²) in [6.07, 6.45) is 0. The number of benzene rings is 2. The molecule has 2 aromatic carbocycles. The fourth-order valence-electron chi connectivity index (χ4n) is 2.83. The lowest BCUT2D eigenvalue weighted by Gasteiger charge is -2.17. The van der Waals surface area contributed by atoms with Gasteiger partial charge in [-0.1, -0.05) is 35.9 Å². The van der Waals surface area contributed by atoms with Crippen LogP contribution in [0.25, 0.3) is 11.0 Å². The summed E-state index contributed by atoms with van der Waals surface area (Å²) in [5, 5.41) is 1.39. The number of anilines is 1. The van der Waals surface area contributed by atoms with E-state index in [-0.39, 0.29) is 5.91 Å². The van der Waals surface area contributed by atoms with Crippen molar-refractivity contribution in [1.29, 1.82) is 0 Å². The normalized spacial score (nSPS) is 10.9. The molecule has 1 amide bonds. The third-order valence-corrected chi connectivity index (χ3v) is 4.63. The number of rotatable bonds is 4. The third kappa shape index (κ3) is 3.35. The predicted octanol–water partition coefficient (Wildman–Crippen LogP) is 4.73. The van der Waals surface area contributed by atoms with Crippen LogP contribution in [-0.4, -0.2) is 32.0 Å². The molecule has 4 nitrogen and oxygen atoms in total. The van der Waals surface area contributed by atoms with Gasteiger partial charge in [-0.05, 0) is 30.7 Å². The molecule has 0 atom stereocenters. The molecule has 0 bridgehead atoms. The molecule has 0 spiro atoms. The van der Waals surface area contributed by atoms with Crippen molar-refractivity contribution >= 4 is 34.2 Å². The minimum absolute atomic E-state index is 0.151. The van der Waals surface area contributed by atoms with Gasteiger partial charge in [-0.15, -0.1) is 0 Å². The number of fused-ring (bicyclic) bond motifs is 1. The van der Waals surface area contributed by atoms with Crippen molar-refractivity contribution < 1.29 is 9.21 Å². The van der Waals surface area contributed by atoms with Crippen LogP contribution in [0.2, 0.25) is 5.02 Å². The quantitative estimate of drug-likeness (QED) is 0.678. The second kappa shape index (κ2) is 6.81. The molecule has 0 radical (unpaired) electrons. The monoisotopic (exact) mass is 356 g/mol. The summed E-state index contributed by atoms with van der Waals surface area (Å²) in [5.41, 5.74) is 3.57. The first kappa shape index (κ1) is 17.4. The maximum atomic E-state index is 12.8. The van der Waals surface area contributed by atoms with Crippen molar-refractivity contribution in [1.82, 2.24) is 4.90 Å². The zero-order chi connectivity index (χ0) is 18.1. The van der Waals surface area contributed by atoms with Crippen LogP contribution < -0.4 is 4.90 Å². The van der Waals surface area contributed by atoms with Crippen molar-refractivity contribution in [3.8, 4) is 0 Å². The molecule has 1 heterocycles. The van der Waals surface area contributed by atoms with E-state index >= 15 is 0 Å². The lowest BCUT2D eigenvalue weighted by molar-refractivity contribution is 0.0755. The van der Waals surface area contributed by atoms with Gasteiger partial charge in [0.25, 0.3) is 5.91 Å². The summed E-state index contributed by atoms with van der Waals surface area (Å²) in [7, 11) is 5.77.